The summed E-state index contributed by atoms with van der Waals surface area (Å²) in [4.78, 5) is 4.33. The van der Waals surface area contributed by atoms with E-state index >= 15 is 0 Å². The molecule has 1 aromatic rings. The SMILES string of the molecule is CC(C)CC(CNC1CC1)Cc1ncnn1C. The highest BCUT2D eigenvalue weighted by Crippen LogP contribution is 2.21. The van der Waals surface area contributed by atoms with Crippen LogP contribution in [0.15, 0.2) is 6.33 Å². The van der Waals surface area contributed by atoms with Crippen molar-refractivity contribution >= 4 is 0 Å². The number of aryl methyl sites for hydroxylation is 1. The highest BCUT2D eigenvalue weighted by atomic mass is 15.3. The molecule has 1 N–H and O–H groups in total. The molecular formula is C13H24N4. The average molecular weight is 236 g/mol. The van der Waals surface area contributed by atoms with Crippen LogP contribution in [0.4, 0.5) is 0 Å². The van der Waals surface area contributed by atoms with Crippen LogP contribution >= 0.6 is 0 Å². The van der Waals surface area contributed by atoms with Gasteiger partial charge in [-0.25, -0.2) is 4.98 Å². The molecule has 0 radical (unpaired) electrons. The molecule has 17 heavy (non-hydrogen) atoms. The lowest BCUT2D eigenvalue weighted by atomic mass is 9.93. The topological polar surface area (TPSA) is 42.7 Å². The number of nitrogens with zero attached hydrogens (tertiary/aromatic N) is 3. The zero-order valence-electron chi connectivity index (χ0n) is 11.2. The molecule has 0 aromatic carbocycles. The molecule has 1 atom stereocenters. The van der Waals surface area contributed by atoms with Crippen LogP contribution in [-0.2, 0) is 13.5 Å². The number of rotatable bonds is 7. The summed E-state index contributed by atoms with van der Waals surface area (Å²) in [6.07, 6.45) is 6.66. The van der Waals surface area contributed by atoms with Crippen LogP contribution in [0.25, 0.3) is 0 Å². The van der Waals surface area contributed by atoms with Gasteiger partial charge in [0.25, 0.3) is 0 Å². The van der Waals surface area contributed by atoms with E-state index in [4.69, 9.17) is 0 Å². The van der Waals surface area contributed by atoms with Crippen molar-refractivity contribution < 1.29 is 0 Å². The molecule has 1 heterocycles. The summed E-state index contributed by atoms with van der Waals surface area (Å²) in [7, 11) is 1.98. The van der Waals surface area contributed by atoms with Gasteiger partial charge in [0.05, 0.1) is 0 Å². The van der Waals surface area contributed by atoms with Gasteiger partial charge < -0.3 is 5.32 Å². The maximum atomic E-state index is 4.33. The van der Waals surface area contributed by atoms with Crippen LogP contribution in [0.2, 0.25) is 0 Å². The number of aromatic nitrogens is 3. The second-order valence-corrected chi connectivity index (χ2v) is 5.68. The highest BCUT2D eigenvalue weighted by Gasteiger charge is 2.23. The van der Waals surface area contributed by atoms with Crippen LogP contribution in [0.5, 0.6) is 0 Å². The van der Waals surface area contributed by atoms with Gasteiger partial charge in [0.1, 0.15) is 12.2 Å². The van der Waals surface area contributed by atoms with E-state index in [1.165, 1.54) is 19.3 Å². The number of hydrogen-bond acceptors (Lipinski definition) is 3. The van der Waals surface area contributed by atoms with Gasteiger partial charge in [-0.3, -0.25) is 4.68 Å². The lowest BCUT2D eigenvalue weighted by molar-refractivity contribution is 0.374. The van der Waals surface area contributed by atoms with Gasteiger partial charge >= 0.3 is 0 Å². The molecule has 1 aliphatic carbocycles. The van der Waals surface area contributed by atoms with Gasteiger partial charge in [-0.1, -0.05) is 13.8 Å². The maximum absolute atomic E-state index is 4.33. The zero-order valence-corrected chi connectivity index (χ0v) is 11.2. The Morgan fingerprint density at radius 2 is 2.24 bits per heavy atom. The Kier molecular flexibility index (Phi) is 4.15. The van der Waals surface area contributed by atoms with E-state index in [2.05, 4.69) is 29.2 Å². The molecule has 0 spiro atoms. The molecule has 4 heteroatoms. The Bertz CT molecular complexity index is 341. The molecule has 1 aromatic heterocycles. The van der Waals surface area contributed by atoms with Crippen LogP contribution in [0.3, 0.4) is 0 Å². The van der Waals surface area contributed by atoms with E-state index in [1.807, 2.05) is 11.7 Å². The quantitative estimate of drug-likeness (QED) is 0.784. The van der Waals surface area contributed by atoms with Crippen molar-refractivity contribution in [1.29, 1.82) is 0 Å². The van der Waals surface area contributed by atoms with E-state index in [0.29, 0.717) is 5.92 Å². The minimum atomic E-state index is 0.679. The smallest absolute Gasteiger partial charge is 0.138 e. The monoisotopic (exact) mass is 236 g/mol. The minimum absolute atomic E-state index is 0.679. The molecule has 1 saturated carbocycles. The van der Waals surface area contributed by atoms with Crippen molar-refractivity contribution in [3.8, 4) is 0 Å². The molecule has 1 aliphatic rings. The van der Waals surface area contributed by atoms with Crippen molar-refractivity contribution in [2.75, 3.05) is 6.54 Å². The Hall–Kier alpha value is -0.900. The lowest BCUT2D eigenvalue weighted by Crippen LogP contribution is -2.27. The molecule has 1 fully saturated rings. The summed E-state index contributed by atoms with van der Waals surface area (Å²) in [5.41, 5.74) is 0. The zero-order chi connectivity index (χ0) is 12.3. The van der Waals surface area contributed by atoms with Crippen LogP contribution in [0, 0.1) is 11.8 Å². The first-order valence-electron chi connectivity index (χ1n) is 6.71. The summed E-state index contributed by atoms with van der Waals surface area (Å²) in [6, 6.07) is 0.796. The third-order valence-electron chi connectivity index (χ3n) is 3.35. The molecule has 0 bridgehead atoms. The molecule has 2 rings (SSSR count). The fraction of sp³-hybridized carbons (Fsp3) is 0.846. The van der Waals surface area contributed by atoms with Crippen LogP contribution in [-0.4, -0.2) is 27.4 Å². The first-order chi connectivity index (χ1) is 8.15. The number of hydrogen-bond donors (Lipinski definition) is 1. The van der Waals surface area contributed by atoms with E-state index in [1.54, 1.807) is 6.33 Å². The van der Waals surface area contributed by atoms with Crippen LogP contribution < -0.4 is 5.32 Å². The van der Waals surface area contributed by atoms with Gasteiger partial charge in [0, 0.05) is 19.5 Å². The fourth-order valence-corrected chi connectivity index (χ4v) is 2.29. The molecule has 0 saturated heterocycles. The summed E-state index contributed by atoms with van der Waals surface area (Å²) in [6.45, 7) is 5.71. The van der Waals surface area contributed by atoms with Crippen molar-refractivity contribution in [2.24, 2.45) is 18.9 Å². The van der Waals surface area contributed by atoms with Crippen molar-refractivity contribution in [3.05, 3.63) is 12.2 Å². The highest BCUT2D eigenvalue weighted by molar-refractivity contribution is 4.89. The third-order valence-corrected chi connectivity index (χ3v) is 3.35. The van der Waals surface area contributed by atoms with Gasteiger partial charge in [-0.05, 0) is 37.6 Å². The maximum Gasteiger partial charge on any atom is 0.138 e. The fourth-order valence-electron chi connectivity index (χ4n) is 2.29. The molecular weight excluding hydrogens is 212 g/mol. The third kappa shape index (κ3) is 4.11. The first-order valence-corrected chi connectivity index (χ1v) is 6.71. The molecule has 4 nitrogen and oxygen atoms in total. The normalized spacial score (nSPS) is 17.6. The molecule has 0 aliphatic heterocycles. The number of nitrogens with one attached hydrogen (secondary N) is 1. The lowest BCUT2D eigenvalue weighted by Gasteiger charge is -2.19. The second kappa shape index (κ2) is 5.63. The minimum Gasteiger partial charge on any atom is -0.314 e. The largest absolute Gasteiger partial charge is 0.314 e. The first kappa shape index (κ1) is 12.6. The van der Waals surface area contributed by atoms with Crippen LogP contribution in [0.1, 0.15) is 38.9 Å². The average Bonchev–Trinajstić information content (AvgIpc) is 3.00. The van der Waals surface area contributed by atoms with Crippen molar-refractivity contribution in [2.45, 2.75) is 45.6 Å². The summed E-state index contributed by atoms with van der Waals surface area (Å²) in [5.74, 6) is 2.53. The van der Waals surface area contributed by atoms with E-state index in [9.17, 15) is 0 Å². The van der Waals surface area contributed by atoms with Gasteiger partial charge in [-0.15, -0.1) is 0 Å². The predicted molar refractivity (Wildman–Crippen MR) is 68.7 cm³/mol. The van der Waals surface area contributed by atoms with Crippen molar-refractivity contribution in [3.63, 3.8) is 0 Å². The van der Waals surface area contributed by atoms with Gasteiger partial charge in [-0.2, -0.15) is 5.10 Å². The summed E-state index contributed by atoms with van der Waals surface area (Å²) < 4.78 is 1.89. The molecule has 1 unspecified atom stereocenters. The predicted octanol–water partition coefficient (Wildman–Crippen LogP) is 1.77. The van der Waals surface area contributed by atoms with E-state index < -0.39 is 0 Å². The summed E-state index contributed by atoms with van der Waals surface area (Å²) in [5, 5.41) is 7.78. The Balaban J connectivity index is 1.86. The summed E-state index contributed by atoms with van der Waals surface area (Å²) >= 11 is 0. The molecule has 0 amide bonds. The van der Waals surface area contributed by atoms with Crippen molar-refractivity contribution in [1.82, 2.24) is 20.1 Å². The van der Waals surface area contributed by atoms with Gasteiger partial charge in [0.2, 0.25) is 0 Å². The Morgan fingerprint density at radius 1 is 1.47 bits per heavy atom. The van der Waals surface area contributed by atoms with E-state index in [-0.39, 0.29) is 0 Å². The standard InChI is InChI=1S/C13H24N4/c1-10(2)6-11(8-14-12-4-5-12)7-13-15-9-16-17(13)3/h9-12,14H,4-8H2,1-3H3. The Labute approximate surface area is 104 Å². The van der Waals surface area contributed by atoms with E-state index in [0.717, 1.165) is 30.7 Å². The second-order valence-electron chi connectivity index (χ2n) is 5.68. The van der Waals surface area contributed by atoms with Gasteiger partial charge in [0.15, 0.2) is 0 Å². The Morgan fingerprint density at radius 3 is 2.76 bits per heavy atom. The molecule has 96 valence electrons.